The number of hydrogen-bond donors (Lipinski definition) is 1. The van der Waals surface area contributed by atoms with Gasteiger partial charge in [0.15, 0.2) is 0 Å². The molecule has 0 saturated heterocycles. The Morgan fingerprint density at radius 1 is 1.60 bits per heavy atom. The van der Waals surface area contributed by atoms with E-state index in [-0.39, 0.29) is 5.69 Å². The van der Waals surface area contributed by atoms with Crippen molar-refractivity contribution in [2.45, 2.75) is 6.54 Å². The minimum atomic E-state index is -0.477. The Hall–Kier alpha value is -1.74. The highest BCUT2D eigenvalue weighted by molar-refractivity contribution is 9.10. The van der Waals surface area contributed by atoms with E-state index in [1.165, 1.54) is 6.20 Å². The smallest absolute Gasteiger partial charge is 0.329 e. The molecule has 0 amide bonds. The van der Waals surface area contributed by atoms with Crippen molar-refractivity contribution in [3.05, 3.63) is 37.1 Å². The van der Waals surface area contributed by atoms with Gasteiger partial charge in [0.1, 0.15) is 6.20 Å². The number of aromatic nitrogens is 2. The van der Waals surface area contributed by atoms with E-state index < -0.39 is 4.92 Å². The van der Waals surface area contributed by atoms with E-state index in [0.717, 1.165) is 9.35 Å². The molecule has 2 aromatic rings. The molecule has 106 valence electrons. The third kappa shape index (κ3) is 3.23. The largest absolute Gasteiger partial charge is 0.357 e. The standard InChI is InChI=1S/C11H12BrN5O2S/c1-13-11-14-4-9(17(18)19)10(15-11)16(2)5-8-3-7(12)6-20-8/h3-4,6H,5H2,1-2H3,(H,13,14,15). The van der Waals surface area contributed by atoms with Gasteiger partial charge in [0.2, 0.25) is 11.8 Å². The molecule has 20 heavy (non-hydrogen) atoms. The Labute approximate surface area is 127 Å². The lowest BCUT2D eigenvalue weighted by molar-refractivity contribution is -0.384. The zero-order valence-corrected chi connectivity index (χ0v) is 13.2. The summed E-state index contributed by atoms with van der Waals surface area (Å²) in [5.74, 6) is 0.642. The van der Waals surface area contributed by atoms with Crippen LogP contribution in [0.4, 0.5) is 17.5 Å². The average molecular weight is 358 g/mol. The predicted molar refractivity (Wildman–Crippen MR) is 82.4 cm³/mol. The zero-order valence-electron chi connectivity index (χ0n) is 10.8. The molecule has 2 heterocycles. The van der Waals surface area contributed by atoms with Crippen LogP contribution in [0.25, 0.3) is 0 Å². The molecular formula is C11H12BrN5O2S. The number of thiophene rings is 1. The van der Waals surface area contributed by atoms with Crippen LogP contribution in [0.15, 0.2) is 22.1 Å². The summed E-state index contributed by atoms with van der Waals surface area (Å²) in [4.78, 5) is 21.4. The van der Waals surface area contributed by atoms with E-state index in [0.29, 0.717) is 18.3 Å². The molecule has 0 atom stereocenters. The first-order chi connectivity index (χ1) is 9.51. The van der Waals surface area contributed by atoms with Gasteiger partial charge < -0.3 is 10.2 Å². The quantitative estimate of drug-likeness (QED) is 0.654. The average Bonchev–Trinajstić information content (AvgIpc) is 2.83. The lowest BCUT2D eigenvalue weighted by atomic mass is 10.4. The Bertz CT molecular complexity index is 633. The van der Waals surface area contributed by atoms with Gasteiger partial charge in [-0.25, -0.2) is 4.98 Å². The van der Waals surface area contributed by atoms with Gasteiger partial charge >= 0.3 is 5.69 Å². The maximum atomic E-state index is 11.1. The monoisotopic (exact) mass is 357 g/mol. The molecule has 2 rings (SSSR count). The molecule has 0 aliphatic carbocycles. The lowest BCUT2D eigenvalue weighted by Crippen LogP contribution is -2.19. The SMILES string of the molecule is CNc1ncc([N+](=O)[O-])c(N(C)Cc2cc(Br)cs2)n1. The van der Waals surface area contributed by atoms with Crippen LogP contribution in [-0.4, -0.2) is 29.0 Å². The van der Waals surface area contributed by atoms with Crippen LogP contribution in [0.2, 0.25) is 0 Å². The molecule has 0 saturated carbocycles. The second-order valence-electron chi connectivity index (χ2n) is 4.00. The van der Waals surface area contributed by atoms with Gasteiger partial charge in [-0.15, -0.1) is 11.3 Å². The van der Waals surface area contributed by atoms with Crippen LogP contribution < -0.4 is 10.2 Å². The molecule has 0 spiro atoms. The predicted octanol–water partition coefficient (Wildman–Crippen LogP) is 2.89. The highest BCUT2D eigenvalue weighted by atomic mass is 79.9. The van der Waals surface area contributed by atoms with Crippen molar-refractivity contribution < 1.29 is 4.92 Å². The van der Waals surface area contributed by atoms with E-state index in [1.54, 1.807) is 30.3 Å². The highest BCUT2D eigenvalue weighted by Crippen LogP contribution is 2.28. The topological polar surface area (TPSA) is 84.2 Å². The molecule has 0 aliphatic heterocycles. The molecular weight excluding hydrogens is 346 g/mol. The fraction of sp³-hybridized carbons (Fsp3) is 0.273. The number of nitro groups is 1. The highest BCUT2D eigenvalue weighted by Gasteiger charge is 2.21. The van der Waals surface area contributed by atoms with Gasteiger partial charge in [0.05, 0.1) is 11.5 Å². The number of rotatable bonds is 5. The van der Waals surface area contributed by atoms with Crippen LogP contribution in [0, 0.1) is 10.1 Å². The number of nitrogens with zero attached hydrogens (tertiary/aromatic N) is 4. The summed E-state index contributed by atoms with van der Waals surface area (Å²) in [6.45, 7) is 0.539. The molecule has 2 aromatic heterocycles. The van der Waals surface area contributed by atoms with E-state index in [2.05, 4.69) is 31.2 Å². The lowest BCUT2D eigenvalue weighted by Gasteiger charge is -2.17. The number of nitrogens with one attached hydrogen (secondary N) is 1. The van der Waals surface area contributed by atoms with E-state index in [4.69, 9.17) is 0 Å². The summed E-state index contributed by atoms with van der Waals surface area (Å²) in [5.41, 5.74) is -0.109. The fourth-order valence-electron chi connectivity index (χ4n) is 1.64. The Morgan fingerprint density at radius 2 is 2.35 bits per heavy atom. The second kappa shape index (κ2) is 6.14. The van der Waals surface area contributed by atoms with E-state index >= 15 is 0 Å². The van der Waals surface area contributed by atoms with Crippen molar-refractivity contribution in [2.75, 3.05) is 24.3 Å². The molecule has 0 fully saturated rings. The fourth-order valence-corrected chi connectivity index (χ4v) is 3.15. The van der Waals surface area contributed by atoms with Gasteiger partial charge in [0, 0.05) is 28.8 Å². The Kier molecular flexibility index (Phi) is 4.50. The first-order valence-corrected chi connectivity index (χ1v) is 7.31. The Morgan fingerprint density at radius 3 is 2.90 bits per heavy atom. The van der Waals surface area contributed by atoms with Crippen LogP contribution in [0.1, 0.15) is 4.88 Å². The zero-order chi connectivity index (χ0) is 14.7. The normalized spacial score (nSPS) is 10.3. The maximum absolute atomic E-state index is 11.1. The first-order valence-electron chi connectivity index (χ1n) is 5.64. The summed E-state index contributed by atoms with van der Waals surface area (Å²) < 4.78 is 0.999. The van der Waals surface area contributed by atoms with Crippen molar-refractivity contribution in [3.63, 3.8) is 0 Å². The first kappa shape index (κ1) is 14.7. The molecule has 0 unspecified atom stereocenters. The van der Waals surface area contributed by atoms with Crippen LogP contribution >= 0.6 is 27.3 Å². The molecule has 1 N–H and O–H groups in total. The summed E-state index contributed by atoms with van der Waals surface area (Å²) in [5, 5.41) is 15.8. The van der Waals surface area contributed by atoms with Crippen LogP contribution in [0.5, 0.6) is 0 Å². The third-order valence-corrected chi connectivity index (χ3v) is 4.23. The maximum Gasteiger partial charge on any atom is 0.329 e. The van der Waals surface area contributed by atoms with Crippen molar-refractivity contribution in [1.82, 2.24) is 9.97 Å². The third-order valence-electron chi connectivity index (χ3n) is 2.55. The molecule has 0 aliphatic rings. The second-order valence-corrected chi connectivity index (χ2v) is 5.91. The van der Waals surface area contributed by atoms with Crippen molar-refractivity contribution >= 4 is 44.7 Å². The summed E-state index contributed by atoms with van der Waals surface area (Å²) in [7, 11) is 3.43. The van der Waals surface area contributed by atoms with Crippen LogP contribution in [-0.2, 0) is 6.54 Å². The van der Waals surface area contributed by atoms with Crippen molar-refractivity contribution in [3.8, 4) is 0 Å². The van der Waals surface area contributed by atoms with Crippen molar-refractivity contribution in [1.29, 1.82) is 0 Å². The number of hydrogen-bond acceptors (Lipinski definition) is 7. The van der Waals surface area contributed by atoms with E-state index in [1.807, 2.05) is 11.4 Å². The minimum absolute atomic E-state index is 0.109. The molecule has 9 heteroatoms. The summed E-state index contributed by atoms with van der Waals surface area (Å²) in [6, 6.07) is 1.98. The number of anilines is 2. The van der Waals surface area contributed by atoms with Gasteiger partial charge in [-0.05, 0) is 22.0 Å². The van der Waals surface area contributed by atoms with Gasteiger partial charge in [0.25, 0.3) is 0 Å². The number of halogens is 1. The van der Waals surface area contributed by atoms with Gasteiger partial charge in [-0.1, -0.05) is 0 Å². The summed E-state index contributed by atoms with van der Waals surface area (Å²) in [6.07, 6.45) is 1.22. The molecule has 0 radical (unpaired) electrons. The van der Waals surface area contributed by atoms with Gasteiger partial charge in [-0.3, -0.25) is 10.1 Å². The van der Waals surface area contributed by atoms with E-state index in [9.17, 15) is 10.1 Å². The molecule has 0 aromatic carbocycles. The van der Waals surface area contributed by atoms with Crippen LogP contribution in [0.3, 0.4) is 0 Å². The van der Waals surface area contributed by atoms with Crippen molar-refractivity contribution in [2.24, 2.45) is 0 Å². The molecule has 7 nitrogen and oxygen atoms in total. The summed E-state index contributed by atoms with van der Waals surface area (Å²) >= 11 is 4.97. The Balaban J connectivity index is 2.31. The minimum Gasteiger partial charge on any atom is -0.357 e. The molecule has 0 bridgehead atoms. The van der Waals surface area contributed by atoms with Gasteiger partial charge in [-0.2, -0.15) is 4.98 Å².